The molecular weight excluding hydrogens is 214 g/mol. The number of nitrogens with one attached hydrogen (secondary N) is 1. The van der Waals surface area contributed by atoms with Crippen molar-refractivity contribution in [3.8, 4) is 0 Å². The summed E-state index contributed by atoms with van der Waals surface area (Å²) in [7, 11) is 1.68. The lowest BCUT2D eigenvalue weighted by molar-refractivity contribution is 0.0695. The van der Waals surface area contributed by atoms with Gasteiger partial charge < -0.3 is 14.8 Å². The predicted molar refractivity (Wildman–Crippen MR) is 64.7 cm³/mol. The van der Waals surface area contributed by atoms with Crippen LogP contribution in [0.4, 0.5) is 0 Å². The van der Waals surface area contributed by atoms with Gasteiger partial charge >= 0.3 is 0 Å². The van der Waals surface area contributed by atoms with Gasteiger partial charge in [0.2, 0.25) is 0 Å². The van der Waals surface area contributed by atoms with Gasteiger partial charge in [-0.3, -0.25) is 0 Å². The monoisotopic (exact) mass is 237 g/mol. The first-order chi connectivity index (χ1) is 7.31. The Hall–Kier alpha value is 0.170. The van der Waals surface area contributed by atoms with Gasteiger partial charge in [0.25, 0.3) is 0 Å². The molecule has 0 fully saturated rings. The Morgan fingerprint density at radius 1 is 1.27 bits per heavy atom. The fourth-order valence-electron chi connectivity index (χ4n) is 1.22. The molecule has 1 unspecified atom stereocenters. The van der Waals surface area contributed by atoms with Crippen LogP contribution in [0.25, 0.3) is 0 Å². The van der Waals surface area contributed by atoms with Crippen molar-refractivity contribution in [3.05, 3.63) is 0 Å². The lowest BCUT2D eigenvalue weighted by Crippen LogP contribution is -2.25. The molecule has 0 rings (SSSR count). The van der Waals surface area contributed by atoms with E-state index in [9.17, 15) is 0 Å². The second-order valence-corrected chi connectivity index (χ2v) is 4.17. The summed E-state index contributed by atoms with van der Waals surface area (Å²) in [5.41, 5.74) is 0. The lowest BCUT2D eigenvalue weighted by atomic mass is 10.2. The number of halogens is 1. The van der Waals surface area contributed by atoms with Crippen molar-refractivity contribution in [2.24, 2.45) is 0 Å². The summed E-state index contributed by atoms with van der Waals surface area (Å²) >= 11 is 6.05. The summed E-state index contributed by atoms with van der Waals surface area (Å²) in [6.07, 6.45) is 3.26. The van der Waals surface area contributed by atoms with E-state index >= 15 is 0 Å². The fraction of sp³-hybridized carbons (Fsp3) is 1.00. The maximum atomic E-state index is 6.05. The van der Waals surface area contributed by atoms with Crippen LogP contribution in [0.2, 0.25) is 0 Å². The van der Waals surface area contributed by atoms with E-state index in [0.29, 0.717) is 13.2 Å². The number of hydrogen-bond donors (Lipinski definition) is 1. The molecule has 0 saturated heterocycles. The first-order valence-corrected chi connectivity index (χ1v) is 6.16. The zero-order valence-corrected chi connectivity index (χ0v) is 10.7. The Bertz CT molecular complexity index is 125. The van der Waals surface area contributed by atoms with E-state index < -0.39 is 0 Å². The maximum absolute atomic E-state index is 6.05. The highest BCUT2D eigenvalue weighted by molar-refractivity contribution is 6.20. The molecule has 1 N–H and O–H groups in total. The Labute approximate surface area is 98.5 Å². The molecule has 0 bridgehead atoms. The third kappa shape index (κ3) is 12.1. The van der Waals surface area contributed by atoms with Crippen LogP contribution in [-0.4, -0.2) is 45.4 Å². The Kier molecular flexibility index (Phi) is 12.4. The highest BCUT2D eigenvalue weighted by atomic mass is 35.5. The molecule has 0 aliphatic carbocycles. The summed E-state index contributed by atoms with van der Waals surface area (Å²) in [5, 5.41) is 3.59. The number of alkyl halides is 1. The number of methoxy groups -OCH3 is 1. The molecule has 0 radical (unpaired) electrons. The van der Waals surface area contributed by atoms with E-state index in [4.69, 9.17) is 21.1 Å². The van der Waals surface area contributed by atoms with E-state index in [-0.39, 0.29) is 5.38 Å². The highest BCUT2D eigenvalue weighted by Crippen LogP contribution is 2.02. The van der Waals surface area contributed by atoms with Crippen molar-refractivity contribution in [3.63, 3.8) is 0 Å². The van der Waals surface area contributed by atoms with E-state index in [1.165, 1.54) is 0 Å². The minimum Gasteiger partial charge on any atom is -0.382 e. The van der Waals surface area contributed by atoms with Gasteiger partial charge in [0, 0.05) is 25.6 Å². The zero-order chi connectivity index (χ0) is 11.4. The fourth-order valence-corrected chi connectivity index (χ4v) is 1.54. The molecule has 4 heteroatoms. The minimum absolute atomic E-state index is 0.268. The topological polar surface area (TPSA) is 30.5 Å². The molecule has 0 aromatic heterocycles. The molecule has 0 aromatic rings. The zero-order valence-electron chi connectivity index (χ0n) is 9.93. The maximum Gasteiger partial charge on any atom is 0.0700 e. The van der Waals surface area contributed by atoms with Gasteiger partial charge in [-0.25, -0.2) is 0 Å². The normalized spacial score (nSPS) is 13.0. The van der Waals surface area contributed by atoms with E-state index in [1.807, 2.05) is 0 Å². The van der Waals surface area contributed by atoms with Gasteiger partial charge in [0.05, 0.1) is 13.2 Å². The van der Waals surface area contributed by atoms with Crippen molar-refractivity contribution in [1.29, 1.82) is 0 Å². The van der Waals surface area contributed by atoms with E-state index in [2.05, 4.69) is 12.2 Å². The molecule has 0 aliphatic heterocycles. The van der Waals surface area contributed by atoms with Crippen LogP contribution in [0.1, 0.15) is 26.2 Å². The Morgan fingerprint density at radius 2 is 2.07 bits per heavy atom. The van der Waals surface area contributed by atoms with Crippen LogP contribution in [-0.2, 0) is 9.47 Å². The van der Waals surface area contributed by atoms with Gasteiger partial charge in [-0.2, -0.15) is 0 Å². The molecular formula is C11H24ClNO2. The SMILES string of the molecule is CCCC(Cl)CNCCCOCCOC. The smallest absolute Gasteiger partial charge is 0.0700 e. The van der Waals surface area contributed by atoms with Crippen molar-refractivity contribution < 1.29 is 9.47 Å². The largest absolute Gasteiger partial charge is 0.382 e. The molecule has 1 atom stereocenters. The van der Waals surface area contributed by atoms with Gasteiger partial charge in [-0.05, 0) is 19.4 Å². The first-order valence-electron chi connectivity index (χ1n) is 5.72. The number of hydrogen-bond acceptors (Lipinski definition) is 3. The van der Waals surface area contributed by atoms with E-state index in [0.717, 1.165) is 39.0 Å². The third-order valence-corrected chi connectivity index (χ3v) is 2.41. The lowest BCUT2D eigenvalue weighted by Gasteiger charge is -2.09. The van der Waals surface area contributed by atoms with Crippen LogP contribution in [0.15, 0.2) is 0 Å². The summed E-state index contributed by atoms with van der Waals surface area (Å²) in [6, 6.07) is 0. The summed E-state index contributed by atoms with van der Waals surface area (Å²) in [5.74, 6) is 0. The molecule has 92 valence electrons. The van der Waals surface area contributed by atoms with Crippen LogP contribution in [0.5, 0.6) is 0 Å². The second kappa shape index (κ2) is 12.2. The standard InChI is InChI=1S/C11H24ClNO2/c1-3-5-11(12)10-13-6-4-7-15-9-8-14-2/h11,13H,3-10H2,1-2H3. The highest BCUT2D eigenvalue weighted by Gasteiger charge is 2.00. The number of rotatable bonds is 11. The average Bonchev–Trinajstić information content (AvgIpc) is 2.22. The quantitative estimate of drug-likeness (QED) is 0.441. The Balaban J connectivity index is 2.98. The van der Waals surface area contributed by atoms with Crippen LogP contribution in [0, 0.1) is 0 Å². The molecule has 0 aliphatic rings. The van der Waals surface area contributed by atoms with Crippen molar-refractivity contribution in [2.45, 2.75) is 31.6 Å². The van der Waals surface area contributed by atoms with Gasteiger partial charge in [0.15, 0.2) is 0 Å². The predicted octanol–water partition coefficient (Wildman–Crippen LogP) is 2.04. The second-order valence-electron chi connectivity index (χ2n) is 3.55. The summed E-state index contributed by atoms with van der Waals surface area (Å²) < 4.78 is 10.2. The van der Waals surface area contributed by atoms with Crippen molar-refractivity contribution >= 4 is 11.6 Å². The summed E-state index contributed by atoms with van der Waals surface area (Å²) in [4.78, 5) is 0. The first kappa shape index (κ1) is 15.2. The van der Waals surface area contributed by atoms with Gasteiger partial charge in [-0.1, -0.05) is 13.3 Å². The molecule has 3 nitrogen and oxygen atoms in total. The van der Waals surface area contributed by atoms with Crippen molar-refractivity contribution in [2.75, 3.05) is 40.0 Å². The third-order valence-electron chi connectivity index (χ3n) is 2.04. The van der Waals surface area contributed by atoms with Crippen LogP contribution in [0.3, 0.4) is 0 Å². The average molecular weight is 238 g/mol. The molecule has 0 spiro atoms. The molecule has 15 heavy (non-hydrogen) atoms. The van der Waals surface area contributed by atoms with E-state index in [1.54, 1.807) is 7.11 Å². The molecule has 0 amide bonds. The molecule has 0 heterocycles. The minimum atomic E-state index is 0.268. The number of ether oxygens (including phenoxy) is 2. The van der Waals surface area contributed by atoms with Crippen molar-refractivity contribution in [1.82, 2.24) is 5.32 Å². The summed E-state index contributed by atoms with van der Waals surface area (Å²) in [6.45, 7) is 6.17. The van der Waals surface area contributed by atoms with Crippen LogP contribution < -0.4 is 5.32 Å². The molecule has 0 aromatic carbocycles. The van der Waals surface area contributed by atoms with Gasteiger partial charge in [-0.15, -0.1) is 11.6 Å². The Morgan fingerprint density at radius 3 is 2.73 bits per heavy atom. The molecule has 0 saturated carbocycles. The van der Waals surface area contributed by atoms with Crippen LogP contribution >= 0.6 is 11.6 Å². The van der Waals surface area contributed by atoms with Gasteiger partial charge in [0.1, 0.15) is 0 Å².